The van der Waals surface area contributed by atoms with Gasteiger partial charge in [0.1, 0.15) is 23.0 Å². The number of fused-ring (bicyclic) bond motifs is 2. The fourth-order valence-electron chi connectivity index (χ4n) is 4.90. The molecule has 1 heterocycles. The van der Waals surface area contributed by atoms with Crippen LogP contribution in [0.1, 0.15) is 33.7 Å². The minimum atomic E-state index is -0.325. The summed E-state index contributed by atoms with van der Waals surface area (Å²) >= 11 is 0. The Morgan fingerprint density at radius 1 is 0.703 bits per heavy atom. The number of aryl methyl sites for hydroxylation is 2. The van der Waals surface area contributed by atoms with E-state index in [1.165, 1.54) is 7.11 Å². The van der Waals surface area contributed by atoms with Crippen molar-refractivity contribution in [3.8, 4) is 46.0 Å². The zero-order chi connectivity index (χ0) is 26.1. The zero-order valence-electron chi connectivity index (χ0n) is 20.6. The smallest absolute Gasteiger partial charge is 0.206 e. The molecular formula is C30H28O7. The van der Waals surface area contributed by atoms with Gasteiger partial charge >= 0.3 is 0 Å². The summed E-state index contributed by atoms with van der Waals surface area (Å²) in [5.74, 6) is 0.970. The summed E-state index contributed by atoms with van der Waals surface area (Å²) in [4.78, 5) is 0. The van der Waals surface area contributed by atoms with Gasteiger partial charge < -0.3 is 34.6 Å². The maximum absolute atomic E-state index is 11.0. The molecule has 1 atom stereocenters. The van der Waals surface area contributed by atoms with E-state index >= 15 is 0 Å². The second-order valence-electron chi connectivity index (χ2n) is 9.09. The quantitative estimate of drug-likeness (QED) is 0.254. The molecule has 0 saturated carbocycles. The number of methoxy groups -OCH3 is 2. The highest BCUT2D eigenvalue weighted by molar-refractivity contribution is 5.69. The van der Waals surface area contributed by atoms with Crippen LogP contribution in [0.4, 0.5) is 0 Å². The highest BCUT2D eigenvalue weighted by atomic mass is 16.5. The Morgan fingerprint density at radius 3 is 2.05 bits per heavy atom. The molecule has 4 aromatic rings. The van der Waals surface area contributed by atoms with Crippen LogP contribution in [0.25, 0.3) is 0 Å². The van der Waals surface area contributed by atoms with Gasteiger partial charge in [0.15, 0.2) is 11.5 Å². The van der Waals surface area contributed by atoms with Crippen LogP contribution >= 0.6 is 0 Å². The van der Waals surface area contributed by atoms with Crippen molar-refractivity contribution in [3.63, 3.8) is 0 Å². The molecule has 0 unspecified atom stereocenters. The molecule has 4 N–H and O–H groups in total. The fraction of sp³-hybridized carbons (Fsp3) is 0.200. The van der Waals surface area contributed by atoms with Crippen LogP contribution in [0.5, 0.6) is 46.0 Å². The van der Waals surface area contributed by atoms with E-state index in [1.54, 1.807) is 37.4 Å². The third kappa shape index (κ3) is 4.68. The molecule has 0 aromatic heterocycles. The molecule has 4 aromatic carbocycles. The van der Waals surface area contributed by atoms with Crippen LogP contribution in [-0.4, -0.2) is 34.6 Å². The van der Waals surface area contributed by atoms with Gasteiger partial charge in [0.05, 0.1) is 14.2 Å². The zero-order valence-corrected chi connectivity index (χ0v) is 20.6. The van der Waals surface area contributed by atoms with E-state index in [9.17, 15) is 20.4 Å². The molecule has 7 nitrogen and oxygen atoms in total. The molecular weight excluding hydrogens is 472 g/mol. The topological polar surface area (TPSA) is 109 Å². The second kappa shape index (κ2) is 9.85. The molecule has 1 aliphatic rings. The van der Waals surface area contributed by atoms with E-state index in [0.29, 0.717) is 30.6 Å². The number of aromatic hydroxyl groups is 4. The van der Waals surface area contributed by atoms with Crippen molar-refractivity contribution in [2.24, 2.45) is 0 Å². The molecule has 37 heavy (non-hydrogen) atoms. The largest absolute Gasteiger partial charge is 0.508 e. The molecule has 0 amide bonds. The predicted octanol–water partition coefficient (Wildman–Crippen LogP) is 5.79. The maximum Gasteiger partial charge on any atom is 0.206 e. The van der Waals surface area contributed by atoms with Crippen LogP contribution in [0, 0.1) is 0 Å². The Morgan fingerprint density at radius 2 is 1.38 bits per heavy atom. The van der Waals surface area contributed by atoms with Crippen molar-refractivity contribution >= 4 is 0 Å². The first-order valence-corrected chi connectivity index (χ1v) is 11.9. The minimum absolute atomic E-state index is 0.0604. The average Bonchev–Trinajstić information content (AvgIpc) is 2.89. The monoisotopic (exact) mass is 500 g/mol. The Balaban J connectivity index is 1.60. The number of benzene rings is 4. The number of ether oxygens (including phenoxy) is 3. The number of phenols is 4. The highest BCUT2D eigenvalue weighted by Gasteiger charge is 2.34. The Hall–Kier alpha value is -4.52. The van der Waals surface area contributed by atoms with Crippen molar-refractivity contribution in [1.82, 2.24) is 0 Å². The summed E-state index contributed by atoms with van der Waals surface area (Å²) in [5.41, 5.74) is 4.16. The van der Waals surface area contributed by atoms with Crippen molar-refractivity contribution < 1.29 is 34.6 Å². The maximum atomic E-state index is 11.0. The average molecular weight is 501 g/mol. The molecule has 7 heteroatoms. The first-order chi connectivity index (χ1) is 17.9. The van der Waals surface area contributed by atoms with Crippen LogP contribution in [-0.2, 0) is 19.3 Å². The fourth-order valence-corrected chi connectivity index (χ4v) is 4.90. The third-order valence-electron chi connectivity index (χ3n) is 6.77. The van der Waals surface area contributed by atoms with E-state index in [0.717, 1.165) is 28.0 Å². The summed E-state index contributed by atoms with van der Waals surface area (Å²) < 4.78 is 16.8. The molecule has 1 aliphatic heterocycles. The van der Waals surface area contributed by atoms with Crippen molar-refractivity contribution in [3.05, 3.63) is 94.5 Å². The van der Waals surface area contributed by atoms with Gasteiger partial charge in [0, 0.05) is 17.0 Å². The molecule has 0 spiro atoms. The Labute approximate surface area is 214 Å². The van der Waals surface area contributed by atoms with Crippen LogP contribution < -0.4 is 14.2 Å². The third-order valence-corrected chi connectivity index (χ3v) is 6.77. The predicted molar refractivity (Wildman–Crippen MR) is 139 cm³/mol. The molecule has 5 rings (SSSR count). The first kappa shape index (κ1) is 24.2. The first-order valence-electron chi connectivity index (χ1n) is 11.9. The normalized spacial score (nSPS) is 13.8. The van der Waals surface area contributed by atoms with Gasteiger partial charge in [0.25, 0.3) is 0 Å². The van der Waals surface area contributed by atoms with Crippen molar-refractivity contribution in [2.45, 2.75) is 25.2 Å². The summed E-state index contributed by atoms with van der Waals surface area (Å²) in [6.45, 7) is 0. The number of rotatable bonds is 7. The van der Waals surface area contributed by atoms with Gasteiger partial charge in [-0.15, -0.1) is 0 Å². The van der Waals surface area contributed by atoms with Gasteiger partial charge in [-0.3, -0.25) is 0 Å². The van der Waals surface area contributed by atoms with E-state index in [-0.39, 0.29) is 40.4 Å². The number of phenolic OH excluding ortho intramolecular Hbond substituents is 4. The second-order valence-corrected chi connectivity index (χ2v) is 9.09. The minimum Gasteiger partial charge on any atom is -0.508 e. The van der Waals surface area contributed by atoms with Crippen molar-refractivity contribution in [2.75, 3.05) is 14.2 Å². The number of hydrogen-bond donors (Lipinski definition) is 4. The molecule has 0 saturated heterocycles. The lowest BCUT2D eigenvalue weighted by atomic mass is 9.81. The summed E-state index contributed by atoms with van der Waals surface area (Å²) in [7, 11) is 2.98. The standard InChI is InChI=1S/C30H28O7/c1-35-22-11-6-18(7-12-22)13-23-24-15-21(32)14-19(8-3-17-4-9-20(31)10-5-17)28(24)37-29-25(23)16-26(33)30(36-2)27(29)34/h4-7,9-12,14-16,23,31-34H,3,8,13H2,1-2H3/t23-/m0/s1. The Kier molecular flexibility index (Phi) is 6.44. The van der Waals surface area contributed by atoms with E-state index in [2.05, 4.69) is 0 Å². The number of hydrogen-bond acceptors (Lipinski definition) is 7. The van der Waals surface area contributed by atoms with Gasteiger partial charge in [-0.2, -0.15) is 0 Å². The van der Waals surface area contributed by atoms with Crippen molar-refractivity contribution in [1.29, 1.82) is 0 Å². The van der Waals surface area contributed by atoms with Gasteiger partial charge in [0.2, 0.25) is 11.5 Å². The molecule has 0 fully saturated rings. The lowest BCUT2D eigenvalue weighted by molar-refractivity contribution is 0.325. The van der Waals surface area contributed by atoms with Gasteiger partial charge in [-0.05, 0) is 78.4 Å². The summed E-state index contributed by atoms with van der Waals surface area (Å²) in [6, 6.07) is 19.6. The van der Waals surface area contributed by atoms with E-state index in [4.69, 9.17) is 14.2 Å². The molecule has 0 aliphatic carbocycles. The van der Waals surface area contributed by atoms with Crippen LogP contribution in [0.2, 0.25) is 0 Å². The Bertz CT molecular complexity index is 1430. The van der Waals surface area contributed by atoms with E-state index in [1.807, 2.05) is 36.4 Å². The lowest BCUT2D eigenvalue weighted by Gasteiger charge is -2.31. The SMILES string of the molecule is COc1ccc(C[C@H]2c3cc(O)cc(CCc4ccc(O)cc4)c3Oc3c2cc(O)c(OC)c3O)cc1. The van der Waals surface area contributed by atoms with E-state index < -0.39 is 0 Å². The van der Waals surface area contributed by atoms with Gasteiger partial charge in [-0.25, -0.2) is 0 Å². The highest BCUT2D eigenvalue weighted by Crippen LogP contribution is 2.56. The molecule has 190 valence electrons. The summed E-state index contributed by atoms with van der Waals surface area (Å²) in [5, 5.41) is 41.8. The van der Waals surface area contributed by atoms with Crippen LogP contribution in [0.15, 0.2) is 66.7 Å². The molecule has 0 bridgehead atoms. The molecule has 0 radical (unpaired) electrons. The summed E-state index contributed by atoms with van der Waals surface area (Å²) in [6.07, 6.45) is 1.74. The van der Waals surface area contributed by atoms with Gasteiger partial charge in [-0.1, -0.05) is 24.3 Å². The lowest BCUT2D eigenvalue weighted by Crippen LogP contribution is -2.15. The van der Waals surface area contributed by atoms with Crippen LogP contribution in [0.3, 0.4) is 0 Å².